The molecule has 6 heteroatoms. The summed E-state index contributed by atoms with van der Waals surface area (Å²) in [6, 6.07) is 0. The topological polar surface area (TPSA) is 78.9 Å². The van der Waals surface area contributed by atoms with E-state index in [9.17, 15) is 14.4 Å². The van der Waals surface area contributed by atoms with E-state index >= 15 is 0 Å². The maximum atomic E-state index is 12.7. The molecule has 0 heterocycles. The minimum atomic E-state index is -0.762. The summed E-state index contributed by atoms with van der Waals surface area (Å²) < 4.78 is 16.7. The molecular formula is C50H96O6. The predicted octanol–water partition coefficient (Wildman–Crippen LogP) is 15.6. The number of hydrogen-bond acceptors (Lipinski definition) is 6. The van der Waals surface area contributed by atoms with E-state index in [0.29, 0.717) is 19.3 Å². The Balaban J connectivity index is 4.23. The number of carbonyl (C=O) groups excluding carboxylic acids is 3. The van der Waals surface area contributed by atoms with Gasteiger partial charge in [0.2, 0.25) is 0 Å². The summed E-state index contributed by atoms with van der Waals surface area (Å²) in [5, 5.41) is 0. The van der Waals surface area contributed by atoms with Gasteiger partial charge in [0.05, 0.1) is 0 Å². The van der Waals surface area contributed by atoms with Crippen molar-refractivity contribution in [3.05, 3.63) is 0 Å². The van der Waals surface area contributed by atoms with E-state index < -0.39 is 6.10 Å². The van der Waals surface area contributed by atoms with Crippen molar-refractivity contribution >= 4 is 17.9 Å². The third kappa shape index (κ3) is 43.5. The van der Waals surface area contributed by atoms with E-state index in [0.717, 1.165) is 75.5 Å². The Bertz CT molecular complexity index is 868. The standard InChI is InChI=1S/C50H96O6/c1-44(2)36-30-24-18-15-13-11-9-7-8-10-12-14-16-20-29-35-41-50(53)56-47(43-55-49(52)40-34-28-23-22-26-32-38-46(5)6)42-54-48(51)39-33-27-21-17-19-25-31-37-45(3)4/h44-47H,7-43H2,1-6H3/t47-/m0/s1. The van der Waals surface area contributed by atoms with Crippen LogP contribution in [0.3, 0.4) is 0 Å². The summed E-state index contributed by atoms with van der Waals surface area (Å²) in [6.45, 7) is 13.6. The summed E-state index contributed by atoms with van der Waals surface area (Å²) in [5.74, 6) is 1.53. The van der Waals surface area contributed by atoms with Crippen LogP contribution >= 0.6 is 0 Å². The fourth-order valence-electron chi connectivity index (χ4n) is 7.41. The highest BCUT2D eigenvalue weighted by Gasteiger charge is 2.19. The molecule has 0 unspecified atom stereocenters. The Hall–Kier alpha value is -1.59. The van der Waals surface area contributed by atoms with Gasteiger partial charge < -0.3 is 14.2 Å². The molecular weight excluding hydrogens is 697 g/mol. The van der Waals surface area contributed by atoms with Gasteiger partial charge in [-0.15, -0.1) is 0 Å². The van der Waals surface area contributed by atoms with Gasteiger partial charge in [0.15, 0.2) is 6.10 Å². The van der Waals surface area contributed by atoms with E-state index in [1.165, 1.54) is 148 Å². The molecule has 6 nitrogen and oxygen atoms in total. The number of carbonyl (C=O) groups is 3. The minimum Gasteiger partial charge on any atom is -0.462 e. The minimum absolute atomic E-state index is 0.0668. The van der Waals surface area contributed by atoms with Crippen LogP contribution in [-0.4, -0.2) is 37.2 Å². The van der Waals surface area contributed by atoms with Gasteiger partial charge in [-0.3, -0.25) is 14.4 Å². The van der Waals surface area contributed by atoms with Gasteiger partial charge >= 0.3 is 17.9 Å². The molecule has 56 heavy (non-hydrogen) atoms. The van der Waals surface area contributed by atoms with E-state index in [-0.39, 0.29) is 31.1 Å². The highest BCUT2D eigenvalue weighted by Crippen LogP contribution is 2.17. The van der Waals surface area contributed by atoms with Crippen LogP contribution in [-0.2, 0) is 28.6 Å². The second-order valence-corrected chi connectivity index (χ2v) is 18.5. The lowest BCUT2D eigenvalue weighted by atomic mass is 10.0. The van der Waals surface area contributed by atoms with Crippen molar-refractivity contribution in [2.75, 3.05) is 13.2 Å². The lowest BCUT2D eigenvalue weighted by molar-refractivity contribution is -0.167. The fraction of sp³-hybridized carbons (Fsp3) is 0.940. The second-order valence-electron chi connectivity index (χ2n) is 18.5. The van der Waals surface area contributed by atoms with Crippen LogP contribution in [0, 0.1) is 17.8 Å². The van der Waals surface area contributed by atoms with E-state index in [2.05, 4.69) is 41.5 Å². The first kappa shape index (κ1) is 54.4. The lowest BCUT2D eigenvalue weighted by Gasteiger charge is -2.18. The molecule has 0 aromatic rings. The molecule has 0 spiro atoms. The Kier molecular flexibility index (Phi) is 40.4. The smallest absolute Gasteiger partial charge is 0.306 e. The molecule has 1 atom stereocenters. The Morgan fingerprint density at radius 1 is 0.304 bits per heavy atom. The molecule has 0 amide bonds. The first-order valence-electron chi connectivity index (χ1n) is 24.6. The molecule has 0 bridgehead atoms. The zero-order chi connectivity index (χ0) is 41.3. The van der Waals surface area contributed by atoms with Crippen molar-refractivity contribution in [2.45, 2.75) is 272 Å². The molecule has 0 radical (unpaired) electrons. The predicted molar refractivity (Wildman–Crippen MR) is 238 cm³/mol. The quantitative estimate of drug-likeness (QED) is 0.0348. The van der Waals surface area contributed by atoms with Crippen LogP contribution in [0.15, 0.2) is 0 Å². The molecule has 0 fully saturated rings. The first-order chi connectivity index (χ1) is 27.1. The Labute approximate surface area is 348 Å². The lowest BCUT2D eigenvalue weighted by Crippen LogP contribution is -2.30. The van der Waals surface area contributed by atoms with Crippen LogP contribution in [0.2, 0.25) is 0 Å². The monoisotopic (exact) mass is 793 g/mol. The maximum absolute atomic E-state index is 12.7. The third-order valence-corrected chi connectivity index (χ3v) is 11.1. The molecule has 0 aromatic heterocycles. The summed E-state index contributed by atoms with van der Waals surface area (Å²) in [6.07, 6.45) is 39.7. The molecule has 0 N–H and O–H groups in total. The number of esters is 3. The molecule has 332 valence electrons. The van der Waals surface area contributed by atoms with Crippen LogP contribution in [0.4, 0.5) is 0 Å². The highest BCUT2D eigenvalue weighted by molar-refractivity contribution is 5.71. The van der Waals surface area contributed by atoms with Crippen LogP contribution in [0.5, 0.6) is 0 Å². The van der Waals surface area contributed by atoms with E-state index in [4.69, 9.17) is 14.2 Å². The maximum Gasteiger partial charge on any atom is 0.306 e. The summed E-state index contributed by atoms with van der Waals surface area (Å²) in [4.78, 5) is 37.7. The van der Waals surface area contributed by atoms with Gasteiger partial charge in [-0.05, 0) is 37.0 Å². The van der Waals surface area contributed by atoms with E-state index in [1.807, 2.05) is 0 Å². The van der Waals surface area contributed by atoms with Gasteiger partial charge in [0, 0.05) is 19.3 Å². The van der Waals surface area contributed by atoms with Crippen molar-refractivity contribution in [3.8, 4) is 0 Å². The molecule has 0 saturated carbocycles. The molecule has 0 aliphatic rings. The van der Waals surface area contributed by atoms with Gasteiger partial charge in [-0.25, -0.2) is 0 Å². The van der Waals surface area contributed by atoms with Crippen LogP contribution in [0.25, 0.3) is 0 Å². The number of rotatable bonds is 43. The molecule has 0 saturated heterocycles. The largest absolute Gasteiger partial charge is 0.462 e. The average Bonchev–Trinajstić information content (AvgIpc) is 3.15. The van der Waals surface area contributed by atoms with Crippen LogP contribution < -0.4 is 0 Å². The summed E-state index contributed by atoms with van der Waals surface area (Å²) in [5.41, 5.74) is 0. The van der Waals surface area contributed by atoms with Crippen molar-refractivity contribution in [1.82, 2.24) is 0 Å². The Morgan fingerprint density at radius 2 is 0.518 bits per heavy atom. The third-order valence-electron chi connectivity index (χ3n) is 11.1. The van der Waals surface area contributed by atoms with Gasteiger partial charge in [0.1, 0.15) is 13.2 Å². The summed E-state index contributed by atoms with van der Waals surface area (Å²) in [7, 11) is 0. The van der Waals surface area contributed by atoms with Gasteiger partial charge in [-0.1, -0.05) is 228 Å². The molecule has 0 aliphatic carbocycles. The number of hydrogen-bond donors (Lipinski definition) is 0. The van der Waals surface area contributed by atoms with Crippen molar-refractivity contribution in [2.24, 2.45) is 17.8 Å². The van der Waals surface area contributed by atoms with Crippen molar-refractivity contribution in [3.63, 3.8) is 0 Å². The molecule has 0 aromatic carbocycles. The molecule has 0 aliphatic heterocycles. The fourth-order valence-corrected chi connectivity index (χ4v) is 7.41. The average molecular weight is 793 g/mol. The first-order valence-corrected chi connectivity index (χ1v) is 24.6. The SMILES string of the molecule is CC(C)CCCCCCCCCCCCCCCCCCC(=O)O[C@@H](COC(=O)CCCCCCCCCC(C)C)COC(=O)CCCCCCCCC(C)C. The number of ether oxygens (including phenoxy) is 3. The van der Waals surface area contributed by atoms with Gasteiger partial charge in [-0.2, -0.15) is 0 Å². The summed E-state index contributed by atoms with van der Waals surface area (Å²) >= 11 is 0. The normalized spacial score (nSPS) is 12.2. The highest BCUT2D eigenvalue weighted by atomic mass is 16.6. The zero-order valence-electron chi connectivity index (χ0n) is 38.4. The van der Waals surface area contributed by atoms with Crippen LogP contribution in [0.1, 0.15) is 266 Å². The van der Waals surface area contributed by atoms with E-state index in [1.54, 1.807) is 0 Å². The molecule has 0 rings (SSSR count). The second kappa shape index (κ2) is 41.6. The Morgan fingerprint density at radius 3 is 0.768 bits per heavy atom. The van der Waals surface area contributed by atoms with Crippen molar-refractivity contribution < 1.29 is 28.6 Å². The van der Waals surface area contributed by atoms with Gasteiger partial charge in [0.25, 0.3) is 0 Å². The van der Waals surface area contributed by atoms with Crippen molar-refractivity contribution in [1.29, 1.82) is 0 Å². The zero-order valence-corrected chi connectivity index (χ0v) is 38.4. The number of unbranched alkanes of at least 4 members (excludes halogenated alkanes) is 26.